The molecule has 0 atom stereocenters. The maximum absolute atomic E-state index is 11.5. The van der Waals surface area contributed by atoms with E-state index in [0.717, 1.165) is 4.90 Å². The fourth-order valence-corrected chi connectivity index (χ4v) is 1.82. The van der Waals surface area contributed by atoms with E-state index in [1.165, 1.54) is 25.3 Å². The number of benzene rings is 1. The standard InChI is InChI=1S/C12H12N2O5/c1-19-9-3-2-7(11(16)17)4-8(9)6-14-10(15)5-13-12(14)18/h2-4H,5-6H2,1H3,(H,13,18)(H,16,17). The number of hydrogen-bond acceptors (Lipinski definition) is 4. The number of aromatic carboxylic acids is 1. The van der Waals surface area contributed by atoms with Crippen LogP contribution >= 0.6 is 0 Å². The van der Waals surface area contributed by atoms with E-state index >= 15 is 0 Å². The zero-order valence-corrected chi connectivity index (χ0v) is 10.2. The monoisotopic (exact) mass is 264 g/mol. The van der Waals surface area contributed by atoms with Gasteiger partial charge in [0.25, 0.3) is 0 Å². The Bertz CT molecular complexity index is 539. The van der Waals surface area contributed by atoms with Gasteiger partial charge in [-0.25, -0.2) is 9.59 Å². The molecule has 0 radical (unpaired) electrons. The van der Waals surface area contributed by atoms with Crippen molar-refractivity contribution in [2.75, 3.05) is 13.7 Å². The average Bonchev–Trinajstić information content (AvgIpc) is 2.70. The highest BCUT2D eigenvalue weighted by atomic mass is 16.5. The Hall–Kier alpha value is -2.57. The largest absolute Gasteiger partial charge is 0.496 e. The summed E-state index contributed by atoms with van der Waals surface area (Å²) in [6.45, 7) is -0.0608. The highest BCUT2D eigenvalue weighted by molar-refractivity contribution is 6.01. The molecule has 1 aromatic rings. The maximum atomic E-state index is 11.5. The zero-order chi connectivity index (χ0) is 14.0. The molecule has 100 valence electrons. The molecule has 1 saturated heterocycles. The van der Waals surface area contributed by atoms with Crippen LogP contribution in [0.25, 0.3) is 0 Å². The summed E-state index contributed by atoms with van der Waals surface area (Å²) < 4.78 is 5.10. The van der Waals surface area contributed by atoms with Crippen LogP contribution in [0, 0.1) is 0 Å². The molecule has 2 rings (SSSR count). The smallest absolute Gasteiger partial charge is 0.335 e. The molecule has 7 heteroatoms. The van der Waals surface area contributed by atoms with Crippen LogP contribution in [0.2, 0.25) is 0 Å². The Morgan fingerprint density at radius 2 is 2.21 bits per heavy atom. The van der Waals surface area contributed by atoms with Gasteiger partial charge in [0.15, 0.2) is 0 Å². The number of imide groups is 1. The number of nitrogens with one attached hydrogen (secondary N) is 1. The molecule has 0 aliphatic carbocycles. The van der Waals surface area contributed by atoms with Crippen LogP contribution < -0.4 is 10.1 Å². The number of amides is 3. The number of carbonyl (C=O) groups is 3. The van der Waals surface area contributed by atoms with Crippen molar-refractivity contribution in [2.45, 2.75) is 6.54 Å². The number of carbonyl (C=O) groups excluding carboxylic acids is 2. The second-order valence-electron chi connectivity index (χ2n) is 3.97. The summed E-state index contributed by atoms with van der Waals surface area (Å²) in [6.07, 6.45) is 0. The number of carboxylic acid groups (broad SMARTS) is 1. The summed E-state index contributed by atoms with van der Waals surface area (Å²) in [4.78, 5) is 34.9. The summed E-state index contributed by atoms with van der Waals surface area (Å²) in [5.74, 6) is -1.01. The molecule has 0 spiro atoms. The molecular formula is C12H12N2O5. The minimum Gasteiger partial charge on any atom is -0.496 e. The van der Waals surface area contributed by atoms with Crippen molar-refractivity contribution in [1.82, 2.24) is 10.2 Å². The van der Waals surface area contributed by atoms with E-state index in [1.807, 2.05) is 0 Å². The number of urea groups is 1. The van der Waals surface area contributed by atoms with E-state index < -0.39 is 12.0 Å². The lowest BCUT2D eigenvalue weighted by atomic mass is 10.1. The Labute approximate surface area is 108 Å². The molecule has 1 aromatic carbocycles. The molecule has 19 heavy (non-hydrogen) atoms. The molecule has 2 N–H and O–H groups in total. The van der Waals surface area contributed by atoms with Crippen molar-refractivity contribution >= 4 is 17.9 Å². The number of ether oxygens (including phenoxy) is 1. The Balaban J connectivity index is 2.32. The van der Waals surface area contributed by atoms with Crippen molar-refractivity contribution in [3.8, 4) is 5.75 Å². The molecule has 7 nitrogen and oxygen atoms in total. The summed E-state index contributed by atoms with van der Waals surface area (Å²) >= 11 is 0. The molecule has 1 heterocycles. The second kappa shape index (κ2) is 4.97. The van der Waals surface area contributed by atoms with Crippen LogP contribution in [0.4, 0.5) is 4.79 Å². The predicted octanol–water partition coefficient (Wildman–Crippen LogP) is 0.445. The molecular weight excluding hydrogens is 252 g/mol. The summed E-state index contributed by atoms with van der Waals surface area (Å²) in [5.41, 5.74) is 0.538. The van der Waals surface area contributed by atoms with Gasteiger partial charge in [-0.2, -0.15) is 0 Å². The van der Waals surface area contributed by atoms with E-state index in [1.54, 1.807) is 0 Å². The normalized spacial score (nSPS) is 14.5. The van der Waals surface area contributed by atoms with E-state index in [4.69, 9.17) is 9.84 Å². The van der Waals surface area contributed by atoms with E-state index in [-0.39, 0.29) is 24.6 Å². The molecule has 0 bridgehead atoms. The number of carboxylic acids is 1. The highest BCUT2D eigenvalue weighted by Crippen LogP contribution is 2.22. The lowest BCUT2D eigenvalue weighted by Gasteiger charge is -2.15. The molecule has 0 aromatic heterocycles. The summed E-state index contributed by atoms with van der Waals surface area (Å²) in [6, 6.07) is 3.79. The third kappa shape index (κ3) is 2.49. The zero-order valence-electron chi connectivity index (χ0n) is 10.2. The molecule has 3 amide bonds. The Morgan fingerprint density at radius 1 is 1.47 bits per heavy atom. The van der Waals surface area contributed by atoms with E-state index in [0.29, 0.717) is 11.3 Å². The van der Waals surface area contributed by atoms with Gasteiger partial charge in [0.05, 0.1) is 25.8 Å². The van der Waals surface area contributed by atoms with Gasteiger partial charge in [-0.1, -0.05) is 0 Å². The topological polar surface area (TPSA) is 95.9 Å². The van der Waals surface area contributed by atoms with Crippen LogP contribution in [0.3, 0.4) is 0 Å². The van der Waals surface area contributed by atoms with Gasteiger partial charge in [-0.05, 0) is 18.2 Å². The predicted molar refractivity (Wildman–Crippen MR) is 63.9 cm³/mol. The molecule has 0 saturated carbocycles. The molecule has 1 fully saturated rings. The number of methoxy groups -OCH3 is 1. The van der Waals surface area contributed by atoms with Crippen molar-refractivity contribution in [2.24, 2.45) is 0 Å². The third-order valence-corrected chi connectivity index (χ3v) is 2.79. The van der Waals surface area contributed by atoms with Crippen LogP contribution in [-0.4, -0.2) is 41.6 Å². The fraction of sp³-hybridized carbons (Fsp3) is 0.250. The molecule has 1 aliphatic heterocycles. The van der Waals surface area contributed by atoms with E-state index in [2.05, 4.69) is 5.32 Å². The fourth-order valence-electron chi connectivity index (χ4n) is 1.82. The number of hydrogen-bond donors (Lipinski definition) is 2. The quantitative estimate of drug-likeness (QED) is 0.769. The lowest BCUT2D eigenvalue weighted by molar-refractivity contribution is -0.125. The molecule has 1 aliphatic rings. The van der Waals surface area contributed by atoms with Gasteiger partial charge < -0.3 is 15.2 Å². The van der Waals surface area contributed by atoms with Gasteiger partial charge in [0.2, 0.25) is 5.91 Å². The van der Waals surface area contributed by atoms with Crippen molar-refractivity contribution < 1.29 is 24.2 Å². The van der Waals surface area contributed by atoms with Crippen molar-refractivity contribution in [1.29, 1.82) is 0 Å². The van der Waals surface area contributed by atoms with Gasteiger partial charge in [-0.3, -0.25) is 9.69 Å². The molecule has 0 unspecified atom stereocenters. The SMILES string of the molecule is COc1ccc(C(=O)O)cc1CN1C(=O)CNC1=O. The Morgan fingerprint density at radius 3 is 2.74 bits per heavy atom. The van der Waals surface area contributed by atoms with Crippen LogP contribution in [0.15, 0.2) is 18.2 Å². The minimum atomic E-state index is -1.08. The highest BCUT2D eigenvalue weighted by Gasteiger charge is 2.29. The van der Waals surface area contributed by atoms with Crippen molar-refractivity contribution in [3.63, 3.8) is 0 Å². The number of nitrogens with zero attached hydrogens (tertiary/aromatic N) is 1. The lowest BCUT2D eigenvalue weighted by Crippen LogP contribution is -2.30. The van der Waals surface area contributed by atoms with Gasteiger partial charge in [0.1, 0.15) is 5.75 Å². The first-order valence-electron chi connectivity index (χ1n) is 5.51. The minimum absolute atomic E-state index is 0.0189. The van der Waals surface area contributed by atoms with Gasteiger partial charge in [0, 0.05) is 5.56 Å². The summed E-state index contributed by atoms with van der Waals surface area (Å²) in [7, 11) is 1.44. The summed E-state index contributed by atoms with van der Waals surface area (Å²) in [5, 5.41) is 11.3. The Kier molecular flexibility index (Phi) is 3.37. The second-order valence-corrected chi connectivity index (χ2v) is 3.97. The first-order chi connectivity index (χ1) is 9.02. The number of rotatable bonds is 4. The van der Waals surface area contributed by atoms with Gasteiger partial charge >= 0.3 is 12.0 Å². The van der Waals surface area contributed by atoms with Crippen molar-refractivity contribution in [3.05, 3.63) is 29.3 Å². The van der Waals surface area contributed by atoms with Crippen LogP contribution in [-0.2, 0) is 11.3 Å². The maximum Gasteiger partial charge on any atom is 0.335 e. The van der Waals surface area contributed by atoms with Crippen LogP contribution in [0.5, 0.6) is 5.75 Å². The van der Waals surface area contributed by atoms with Gasteiger partial charge in [-0.15, -0.1) is 0 Å². The first-order valence-corrected chi connectivity index (χ1v) is 5.51. The first kappa shape index (κ1) is 12.9. The van der Waals surface area contributed by atoms with Crippen LogP contribution in [0.1, 0.15) is 15.9 Å². The third-order valence-electron chi connectivity index (χ3n) is 2.79. The average molecular weight is 264 g/mol. The van der Waals surface area contributed by atoms with E-state index in [9.17, 15) is 14.4 Å².